The van der Waals surface area contributed by atoms with E-state index >= 15 is 0 Å². The third-order valence-electron chi connectivity index (χ3n) is 3.65. The van der Waals surface area contributed by atoms with Gasteiger partial charge in [-0.1, -0.05) is 29.8 Å². The van der Waals surface area contributed by atoms with Crippen molar-refractivity contribution in [2.24, 2.45) is 7.05 Å². The highest BCUT2D eigenvalue weighted by molar-refractivity contribution is 6.34. The Morgan fingerprint density at radius 3 is 2.63 bits per heavy atom. The van der Waals surface area contributed by atoms with Crippen LogP contribution >= 0.6 is 11.6 Å². The minimum absolute atomic E-state index is 0.118. The van der Waals surface area contributed by atoms with Crippen LogP contribution in [0.4, 0.5) is 23.2 Å². The fourth-order valence-corrected chi connectivity index (χ4v) is 2.78. The van der Waals surface area contributed by atoms with Crippen LogP contribution in [0, 0.1) is 5.82 Å². The van der Waals surface area contributed by atoms with Crippen LogP contribution in [-0.4, -0.2) is 25.5 Å². The van der Waals surface area contributed by atoms with Crippen LogP contribution in [0.5, 0.6) is 0 Å². The number of alkyl halides is 3. The van der Waals surface area contributed by atoms with Crippen molar-refractivity contribution in [2.75, 3.05) is 5.32 Å². The fraction of sp³-hybridized carbons (Fsp3) is 0.188. The fourth-order valence-electron chi connectivity index (χ4n) is 2.43. The zero-order valence-corrected chi connectivity index (χ0v) is 14.5. The molecule has 0 unspecified atom stereocenters. The summed E-state index contributed by atoms with van der Waals surface area (Å²) in [6.45, 7) is 0.118. The van der Waals surface area contributed by atoms with Gasteiger partial charge in [0.05, 0.1) is 18.4 Å². The quantitative estimate of drug-likeness (QED) is 0.677. The molecule has 0 aliphatic heterocycles. The van der Waals surface area contributed by atoms with Crippen LogP contribution < -0.4 is 5.32 Å². The minimum Gasteiger partial charge on any atom is -0.318 e. The smallest absolute Gasteiger partial charge is 0.318 e. The summed E-state index contributed by atoms with van der Waals surface area (Å²) < 4.78 is 54.3. The van der Waals surface area contributed by atoms with E-state index in [1.807, 2.05) is 0 Å². The molecule has 0 saturated heterocycles. The van der Waals surface area contributed by atoms with Gasteiger partial charge in [0, 0.05) is 18.8 Å². The van der Waals surface area contributed by atoms with Gasteiger partial charge in [0.25, 0.3) is 5.91 Å². The summed E-state index contributed by atoms with van der Waals surface area (Å²) in [5.74, 6) is -1.28. The van der Waals surface area contributed by atoms with Crippen LogP contribution in [0.3, 0.4) is 0 Å². The summed E-state index contributed by atoms with van der Waals surface area (Å²) in [6.07, 6.45) is -2.08. The maximum absolute atomic E-state index is 13.7. The van der Waals surface area contributed by atoms with E-state index in [9.17, 15) is 22.4 Å². The Balaban J connectivity index is 1.77. The van der Waals surface area contributed by atoms with Crippen molar-refractivity contribution < 1.29 is 22.4 Å². The predicted molar refractivity (Wildman–Crippen MR) is 88.9 cm³/mol. The molecule has 1 aromatic carbocycles. The number of rotatable bonds is 4. The molecule has 11 heteroatoms. The lowest BCUT2D eigenvalue weighted by molar-refractivity contribution is -0.141. The summed E-state index contributed by atoms with van der Waals surface area (Å²) >= 11 is 5.68. The third-order valence-corrected chi connectivity index (χ3v) is 4.01. The predicted octanol–water partition coefficient (Wildman–Crippen LogP) is 3.73. The van der Waals surface area contributed by atoms with E-state index in [1.165, 1.54) is 30.2 Å². The lowest BCUT2D eigenvalue weighted by Crippen LogP contribution is -2.16. The first-order chi connectivity index (χ1) is 12.7. The van der Waals surface area contributed by atoms with E-state index in [0.717, 1.165) is 4.68 Å². The number of hydrogen-bond acceptors (Lipinski definition) is 3. The largest absolute Gasteiger partial charge is 0.436 e. The maximum atomic E-state index is 13.7. The SMILES string of the molecule is Cn1nc(C(F)(F)F)c(Cl)c1C(=O)Nc1cnn(Cc2ccccc2F)c1. The second kappa shape index (κ2) is 7.03. The number of carbonyl (C=O) groups is 1. The average Bonchev–Trinajstić information content (AvgIpc) is 3.13. The summed E-state index contributed by atoms with van der Waals surface area (Å²) in [6, 6.07) is 6.13. The molecule has 27 heavy (non-hydrogen) atoms. The van der Waals surface area contributed by atoms with Gasteiger partial charge < -0.3 is 5.32 Å². The molecule has 0 spiro atoms. The topological polar surface area (TPSA) is 64.7 Å². The Morgan fingerprint density at radius 1 is 1.30 bits per heavy atom. The van der Waals surface area contributed by atoms with Gasteiger partial charge in [0.15, 0.2) is 5.69 Å². The molecular formula is C16H12ClF4N5O. The van der Waals surface area contributed by atoms with Crippen LogP contribution in [0.1, 0.15) is 21.7 Å². The molecular weight excluding hydrogens is 390 g/mol. The van der Waals surface area contributed by atoms with Crippen LogP contribution in [0.15, 0.2) is 36.7 Å². The molecule has 3 rings (SSSR count). The zero-order chi connectivity index (χ0) is 19.8. The van der Waals surface area contributed by atoms with E-state index in [4.69, 9.17) is 11.6 Å². The second-order valence-electron chi connectivity index (χ2n) is 5.60. The van der Waals surface area contributed by atoms with Gasteiger partial charge in [-0.15, -0.1) is 0 Å². The molecule has 142 valence electrons. The van der Waals surface area contributed by atoms with Gasteiger partial charge >= 0.3 is 6.18 Å². The van der Waals surface area contributed by atoms with Crippen molar-refractivity contribution in [3.63, 3.8) is 0 Å². The number of aromatic nitrogens is 4. The number of carbonyl (C=O) groups excluding carboxylic acids is 1. The first-order valence-corrected chi connectivity index (χ1v) is 7.91. The molecule has 0 fully saturated rings. The molecule has 0 aliphatic carbocycles. The number of halogens is 5. The van der Waals surface area contributed by atoms with Gasteiger partial charge in [-0.05, 0) is 6.07 Å². The Morgan fingerprint density at radius 2 is 2.00 bits per heavy atom. The minimum atomic E-state index is -4.78. The van der Waals surface area contributed by atoms with E-state index in [-0.39, 0.29) is 12.2 Å². The highest BCUT2D eigenvalue weighted by Crippen LogP contribution is 2.35. The van der Waals surface area contributed by atoms with Crippen LogP contribution in [0.2, 0.25) is 5.02 Å². The van der Waals surface area contributed by atoms with E-state index < -0.39 is 34.3 Å². The maximum Gasteiger partial charge on any atom is 0.436 e. The molecule has 1 N–H and O–H groups in total. The summed E-state index contributed by atoms with van der Waals surface area (Å²) in [5.41, 5.74) is -1.18. The number of aryl methyl sites for hydroxylation is 1. The highest BCUT2D eigenvalue weighted by atomic mass is 35.5. The second-order valence-corrected chi connectivity index (χ2v) is 5.98. The average molecular weight is 402 g/mol. The summed E-state index contributed by atoms with van der Waals surface area (Å²) in [4.78, 5) is 12.3. The molecule has 6 nitrogen and oxygen atoms in total. The number of hydrogen-bond donors (Lipinski definition) is 1. The molecule has 0 aliphatic rings. The van der Waals surface area contributed by atoms with Crippen molar-refractivity contribution in [3.05, 3.63) is 64.5 Å². The van der Waals surface area contributed by atoms with Gasteiger partial charge in [-0.2, -0.15) is 23.4 Å². The number of nitrogens with one attached hydrogen (secondary N) is 1. The summed E-state index contributed by atoms with van der Waals surface area (Å²) in [7, 11) is 1.18. The number of amides is 1. The number of benzene rings is 1. The molecule has 2 aromatic heterocycles. The van der Waals surface area contributed by atoms with Crippen molar-refractivity contribution in [2.45, 2.75) is 12.7 Å². The Bertz CT molecular complexity index is 995. The van der Waals surface area contributed by atoms with Crippen molar-refractivity contribution >= 4 is 23.2 Å². The lowest BCUT2D eigenvalue weighted by atomic mass is 10.2. The molecule has 3 aromatic rings. The normalized spacial score (nSPS) is 11.6. The Kier molecular flexibility index (Phi) is 4.92. The monoisotopic (exact) mass is 401 g/mol. The molecule has 2 heterocycles. The van der Waals surface area contributed by atoms with Crippen molar-refractivity contribution in [1.82, 2.24) is 19.6 Å². The third kappa shape index (κ3) is 3.95. The Hall–Kier alpha value is -2.88. The van der Waals surface area contributed by atoms with E-state index in [2.05, 4.69) is 15.5 Å². The highest BCUT2D eigenvalue weighted by Gasteiger charge is 2.39. The molecule has 1 amide bonds. The van der Waals surface area contributed by atoms with E-state index in [0.29, 0.717) is 5.56 Å². The van der Waals surface area contributed by atoms with Gasteiger partial charge in [0.2, 0.25) is 0 Å². The summed E-state index contributed by atoms with van der Waals surface area (Å²) in [5, 5.41) is 8.85. The molecule has 0 atom stereocenters. The lowest BCUT2D eigenvalue weighted by Gasteiger charge is -2.04. The van der Waals surface area contributed by atoms with Gasteiger partial charge in [-0.3, -0.25) is 14.2 Å². The molecule has 0 radical (unpaired) electrons. The van der Waals surface area contributed by atoms with Gasteiger partial charge in [-0.25, -0.2) is 4.39 Å². The first kappa shape index (κ1) is 18.9. The van der Waals surface area contributed by atoms with Crippen molar-refractivity contribution in [3.8, 4) is 0 Å². The number of anilines is 1. The first-order valence-electron chi connectivity index (χ1n) is 7.53. The molecule has 0 saturated carbocycles. The number of nitrogens with zero attached hydrogens (tertiary/aromatic N) is 4. The van der Waals surface area contributed by atoms with Crippen LogP contribution in [0.25, 0.3) is 0 Å². The zero-order valence-electron chi connectivity index (χ0n) is 13.8. The Labute approximate surface area is 155 Å². The van der Waals surface area contributed by atoms with Crippen LogP contribution in [-0.2, 0) is 19.8 Å². The standard InChI is InChI=1S/C16H12ClF4N5O/c1-25-13(12(17)14(24-25)16(19,20)21)15(27)23-10-6-22-26(8-10)7-9-4-2-3-5-11(9)18/h2-6,8H,7H2,1H3,(H,23,27). The van der Waals surface area contributed by atoms with Gasteiger partial charge in [0.1, 0.15) is 16.5 Å². The van der Waals surface area contributed by atoms with Crippen molar-refractivity contribution in [1.29, 1.82) is 0 Å². The molecule has 0 bridgehead atoms. The van der Waals surface area contributed by atoms with E-state index in [1.54, 1.807) is 18.2 Å².